The molecule has 0 bridgehead atoms. The van der Waals surface area contributed by atoms with Crippen LogP contribution in [0.5, 0.6) is 5.75 Å². The topological polar surface area (TPSA) is 63.7 Å². The molecule has 0 aliphatic carbocycles. The van der Waals surface area contributed by atoms with E-state index in [0.717, 1.165) is 32.0 Å². The number of carbonyl (C=O) groups is 1. The maximum atomic E-state index is 12.3. The van der Waals surface area contributed by atoms with Crippen LogP contribution in [0.15, 0.2) is 48.8 Å². The van der Waals surface area contributed by atoms with Gasteiger partial charge in [-0.2, -0.15) is 0 Å². The molecule has 2 aliphatic heterocycles. The molecule has 0 unspecified atom stereocenters. The lowest BCUT2D eigenvalue weighted by atomic mass is 9.93. The second-order valence-electron chi connectivity index (χ2n) is 7.28. The third kappa shape index (κ3) is 4.12. The van der Waals surface area contributed by atoms with Gasteiger partial charge in [0.1, 0.15) is 5.75 Å². The van der Waals surface area contributed by atoms with E-state index in [1.807, 2.05) is 12.1 Å². The van der Waals surface area contributed by atoms with Gasteiger partial charge in [0.15, 0.2) is 0 Å². The summed E-state index contributed by atoms with van der Waals surface area (Å²) in [5, 5.41) is 3.05. The van der Waals surface area contributed by atoms with Gasteiger partial charge in [0.05, 0.1) is 19.8 Å². The maximum absolute atomic E-state index is 12.3. The molecule has 2 saturated heterocycles. The number of nitrogens with zero attached hydrogens (tertiary/aromatic N) is 2. The average molecular weight is 367 g/mol. The Balaban J connectivity index is 1.29. The summed E-state index contributed by atoms with van der Waals surface area (Å²) in [6, 6.07) is 11.7. The fourth-order valence-corrected chi connectivity index (χ4v) is 4.04. The number of benzene rings is 1. The molecule has 0 radical (unpaired) electrons. The van der Waals surface area contributed by atoms with Crippen LogP contribution < -0.4 is 10.1 Å². The summed E-state index contributed by atoms with van der Waals surface area (Å²) in [5.74, 6) is 1.67. The maximum Gasteiger partial charge on any atom is 0.251 e. The van der Waals surface area contributed by atoms with Crippen LogP contribution in [-0.2, 0) is 11.3 Å². The van der Waals surface area contributed by atoms with E-state index in [1.54, 1.807) is 31.6 Å². The van der Waals surface area contributed by atoms with Gasteiger partial charge in [-0.1, -0.05) is 12.1 Å². The molecule has 3 atom stereocenters. The van der Waals surface area contributed by atoms with Gasteiger partial charge in [0, 0.05) is 56.0 Å². The van der Waals surface area contributed by atoms with Crippen LogP contribution in [-0.4, -0.2) is 55.2 Å². The Bertz CT molecular complexity index is 766. The number of hydrogen-bond donors (Lipinski definition) is 1. The van der Waals surface area contributed by atoms with E-state index in [9.17, 15) is 4.79 Å². The second-order valence-corrected chi connectivity index (χ2v) is 7.28. The predicted octanol–water partition coefficient (Wildman–Crippen LogP) is 1.97. The molecule has 0 spiro atoms. The van der Waals surface area contributed by atoms with Gasteiger partial charge in [-0.25, -0.2) is 0 Å². The third-order valence-electron chi connectivity index (χ3n) is 5.55. The third-order valence-corrected chi connectivity index (χ3v) is 5.55. The summed E-state index contributed by atoms with van der Waals surface area (Å²) in [6.45, 7) is 4.25. The van der Waals surface area contributed by atoms with Crippen molar-refractivity contribution in [2.75, 3.05) is 33.4 Å². The molecule has 1 N–H and O–H groups in total. The normalized spacial score (nSPS) is 24.6. The van der Waals surface area contributed by atoms with E-state index < -0.39 is 0 Å². The molecule has 3 heterocycles. The highest BCUT2D eigenvalue weighted by Crippen LogP contribution is 2.34. The molecule has 2 aromatic rings. The van der Waals surface area contributed by atoms with Gasteiger partial charge in [-0.15, -0.1) is 0 Å². The van der Waals surface area contributed by atoms with Gasteiger partial charge in [0.2, 0.25) is 0 Å². The summed E-state index contributed by atoms with van der Waals surface area (Å²) in [6.07, 6.45) is 3.54. The summed E-state index contributed by atoms with van der Waals surface area (Å²) in [7, 11) is 1.68. The summed E-state index contributed by atoms with van der Waals surface area (Å²) < 4.78 is 11.2. The molecule has 0 saturated carbocycles. The van der Waals surface area contributed by atoms with Gasteiger partial charge < -0.3 is 14.8 Å². The highest BCUT2D eigenvalue weighted by atomic mass is 16.5. The summed E-state index contributed by atoms with van der Waals surface area (Å²) >= 11 is 0. The first-order valence-corrected chi connectivity index (χ1v) is 9.38. The van der Waals surface area contributed by atoms with Crippen molar-refractivity contribution in [3.63, 3.8) is 0 Å². The van der Waals surface area contributed by atoms with Crippen LogP contribution in [0.2, 0.25) is 0 Å². The van der Waals surface area contributed by atoms with Crippen molar-refractivity contribution in [2.45, 2.75) is 12.6 Å². The van der Waals surface area contributed by atoms with Crippen molar-refractivity contribution in [3.8, 4) is 5.75 Å². The molecule has 1 aromatic heterocycles. The Labute approximate surface area is 159 Å². The van der Waals surface area contributed by atoms with E-state index in [-0.39, 0.29) is 12.0 Å². The van der Waals surface area contributed by atoms with E-state index in [2.05, 4.69) is 27.3 Å². The number of rotatable bonds is 6. The number of nitrogens with one attached hydrogen (secondary N) is 1. The number of amides is 1. The minimum absolute atomic E-state index is 0.0473. The average Bonchev–Trinajstić information content (AvgIpc) is 3.28. The zero-order valence-electron chi connectivity index (χ0n) is 15.5. The van der Waals surface area contributed by atoms with E-state index in [4.69, 9.17) is 9.47 Å². The number of aromatic nitrogens is 1. The summed E-state index contributed by atoms with van der Waals surface area (Å²) in [5.41, 5.74) is 1.92. The van der Waals surface area contributed by atoms with Crippen LogP contribution in [0.3, 0.4) is 0 Å². The van der Waals surface area contributed by atoms with Crippen molar-refractivity contribution < 1.29 is 14.3 Å². The molecular weight excluding hydrogens is 342 g/mol. The molecule has 6 heteroatoms. The molecular formula is C21H25N3O3. The molecule has 2 fully saturated rings. The highest BCUT2D eigenvalue weighted by Gasteiger charge is 2.43. The molecule has 1 aromatic carbocycles. The number of carbonyl (C=O) groups excluding carboxylic acids is 1. The number of likely N-dealkylation sites (tertiary alicyclic amines) is 1. The van der Waals surface area contributed by atoms with Crippen LogP contribution >= 0.6 is 0 Å². The lowest BCUT2D eigenvalue weighted by molar-refractivity contribution is 0.0903. The van der Waals surface area contributed by atoms with Crippen molar-refractivity contribution in [1.82, 2.24) is 15.2 Å². The monoisotopic (exact) mass is 367 g/mol. The van der Waals surface area contributed by atoms with Gasteiger partial charge >= 0.3 is 0 Å². The number of hydrogen-bond acceptors (Lipinski definition) is 5. The van der Waals surface area contributed by atoms with Crippen molar-refractivity contribution in [2.24, 2.45) is 11.8 Å². The number of methoxy groups -OCH3 is 1. The van der Waals surface area contributed by atoms with E-state index >= 15 is 0 Å². The first-order chi connectivity index (χ1) is 13.2. The molecule has 2 aliphatic rings. The fourth-order valence-electron chi connectivity index (χ4n) is 4.04. The first-order valence-electron chi connectivity index (χ1n) is 9.38. The van der Waals surface area contributed by atoms with Crippen LogP contribution in [0.25, 0.3) is 0 Å². The van der Waals surface area contributed by atoms with Crippen LogP contribution in [0, 0.1) is 11.8 Å². The molecule has 1 amide bonds. The SMILES string of the molecule is COc1ccc(CN2C[C@@H]3[C@@H](CNC(=O)c4ccncc4)CO[C@@H]3C2)cc1. The van der Waals surface area contributed by atoms with Gasteiger partial charge in [-0.05, 0) is 29.8 Å². The van der Waals surface area contributed by atoms with Crippen molar-refractivity contribution >= 4 is 5.91 Å². The highest BCUT2D eigenvalue weighted by molar-refractivity contribution is 5.93. The standard InChI is InChI=1S/C21H25N3O3/c1-26-18-4-2-15(3-5-18)11-24-12-19-17(14-27-20(19)13-24)10-23-21(25)16-6-8-22-9-7-16/h2-9,17,19-20H,10-14H2,1H3,(H,23,25)/t17-,19+,20+/m0/s1. The smallest absolute Gasteiger partial charge is 0.251 e. The van der Waals surface area contributed by atoms with Crippen molar-refractivity contribution in [1.29, 1.82) is 0 Å². The Morgan fingerprint density at radius 1 is 1.22 bits per heavy atom. The quantitative estimate of drug-likeness (QED) is 0.846. The minimum atomic E-state index is -0.0473. The number of ether oxygens (including phenoxy) is 2. The lowest BCUT2D eigenvalue weighted by Crippen LogP contribution is -2.34. The summed E-state index contributed by atoms with van der Waals surface area (Å²) in [4.78, 5) is 18.6. The van der Waals surface area contributed by atoms with Crippen LogP contribution in [0.4, 0.5) is 0 Å². The van der Waals surface area contributed by atoms with Gasteiger partial charge in [-0.3, -0.25) is 14.7 Å². The van der Waals surface area contributed by atoms with Crippen LogP contribution in [0.1, 0.15) is 15.9 Å². The number of fused-ring (bicyclic) bond motifs is 1. The lowest BCUT2D eigenvalue weighted by Gasteiger charge is -2.20. The Kier molecular flexibility index (Phi) is 5.36. The van der Waals surface area contributed by atoms with Crippen molar-refractivity contribution in [3.05, 3.63) is 59.9 Å². The molecule has 4 rings (SSSR count). The largest absolute Gasteiger partial charge is 0.497 e. The second kappa shape index (κ2) is 8.06. The van der Waals surface area contributed by atoms with E-state index in [0.29, 0.717) is 23.9 Å². The Hall–Kier alpha value is -2.44. The molecule has 6 nitrogen and oxygen atoms in total. The predicted molar refractivity (Wildman–Crippen MR) is 102 cm³/mol. The zero-order valence-corrected chi connectivity index (χ0v) is 15.5. The zero-order chi connectivity index (χ0) is 18.6. The first kappa shape index (κ1) is 17.9. The van der Waals surface area contributed by atoms with E-state index in [1.165, 1.54) is 5.56 Å². The number of pyridine rings is 1. The Morgan fingerprint density at radius 3 is 2.74 bits per heavy atom. The Morgan fingerprint density at radius 2 is 2.00 bits per heavy atom. The van der Waals surface area contributed by atoms with Gasteiger partial charge in [0.25, 0.3) is 5.91 Å². The molecule has 142 valence electrons. The molecule has 27 heavy (non-hydrogen) atoms. The minimum Gasteiger partial charge on any atom is -0.497 e. The fraction of sp³-hybridized carbons (Fsp3) is 0.429.